The zero-order valence-electron chi connectivity index (χ0n) is 12.4. The lowest BCUT2D eigenvalue weighted by Gasteiger charge is -2.56. The molecule has 1 saturated heterocycles. The minimum Gasteiger partial charge on any atom is -0.508 e. The SMILES string of the molecule is CCc1cc2c(cc1O)[C@@]13CCCC[C@H]1[C@@H](C2)NCC3. The first-order chi connectivity index (χ1) is 9.74. The summed E-state index contributed by atoms with van der Waals surface area (Å²) < 4.78 is 0. The van der Waals surface area contributed by atoms with Gasteiger partial charge in [0, 0.05) is 11.5 Å². The second-order valence-corrected chi connectivity index (χ2v) is 7.01. The van der Waals surface area contributed by atoms with Crippen LogP contribution in [-0.4, -0.2) is 17.7 Å². The Kier molecular flexibility index (Phi) is 2.85. The molecule has 2 fully saturated rings. The molecule has 3 aliphatic rings. The van der Waals surface area contributed by atoms with Gasteiger partial charge in [-0.05, 0) is 67.3 Å². The lowest BCUT2D eigenvalue weighted by Crippen LogP contribution is -2.59. The Morgan fingerprint density at radius 1 is 1.30 bits per heavy atom. The molecule has 2 aliphatic carbocycles. The third-order valence-electron chi connectivity index (χ3n) is 6.22. The van der Waals surface area contributed by atoms with Gasteiger partial charge in [-0.25, -0.2) is 0 Å². The van der Waals surface area contributed by atoms with Crippen LogP contribution in [0.1, 0.15) is 55.7 Å². The van der Waals surface area contributed by atoms with E-state index >= 15 is 0 Å². The van der Waals surface area contributed by atoms with Gasteiger partial charge < -0.3 is 10.4 Å². The number of hydrogen-bond acceptors (Lipinski definition) is 2. The first-order valence-electron chi connectivity index (χ1n) is 8.33. The van der Waals surface area contributed by atoms with Gasteiger partial charge >= 0.3 is 0 Å². The molecule has 108 valence electrons. The molecule has 1 saturated carbocycles. The molecule has 2 N–H and O–H groups in total. The van der Waals surface area contributed by atoms with Gasteiger partial charge in [-0.2, -0.15) is 0 Å². The largest absolute Gasteiger partial charge is 0.508 e. The Morgan fingerprint density at radius 3 is 3.05 bits per heavy atom. The van der Waals surface area contributed by atoms with Crippen LogP contribution >= 0.6 is 0 Å². The van der Waals surface area contributed by atoms with Crippen LogP contribution in [0, 0.1) is 5.92 Å². The predicted molar refractivity (Wildman–Crippen MR) is 81.2 cm³/mol. The number of hydrogen-bond donors (Lipinski definition) is 2. The highest BCUT2D eigenvalue weighted by atomic mass is 16.3. The van der Waals surface area contributed by atoms with E-state index in [0.29, 0.717) is 17.2 Å². The lowest BCUT2D eigenvalue weighted by atomic mass is 9.52. The molecule has 2 heteroatoms. The van der Waals surface area contributed by atoms with E-state index in [4.69, 9.17) is 0 Å². The fourth-order valence-corrected chi connectivity index (χ4v) is 5.31. The number of benzene rings is 1. The van der Waals surface area contributed by atoms with Crippen molar-refractivity contribution in [2.24, 2.45) is 5.92 Å². The average molecular weight is 271 g/mol. The Labute approximate surface area is 121 Å². The number of phenolic OH excluding ortho intramolecular Hbond substituents is 1. The highest BCUT2D eigenvalue weighted by Gasteiger charge is 2.51. The van der Waals surface area contributed by atoms with Gasteiger partial charge in [0.25, 0.3) is 0 Å². The molecule has 0 radical (unpaired) electrons. The van der Waals surface area contributed by atoms with Crippen molar-refractivity contribution in [2.75, 3.05) is 6.54 Å². The van der Waals surface area contributed by atoms with Gasteiger partial charge in [0.1, 0.15) is 5.75 Å². The highest BCUT2D eigenvalue weighted by Crippen LogP contribution is 2.54. The van der Waals surface area contributed by atoms with Gasteiger partial charge in [-0.3, -0.25) is 0 Å². The van der Waals surface area contributed by atoms with Crippen LogP contribution in [0.4, 0.5) is 0 Å². The fourth-order valence-electron chi connectivity index (χ4n) is 5.31. The second-order valence-electron chi connectivity index (χ2n) is 7.01. The standard InChI is InChI=1S/C18H25NO/c1-2-12-9-13-10-16-14-5-3-4-6-18(14,7-8-19-16)15(13)11-17(12)20/h9,11,14,16,19-20H,2-8,10H2,1H3/t14-,16+,18+/m0/s1. The van der Waals surface area contributed by atoms with Crippen LogP contribution in [0.5, 0.6) is 5.75 Å². The van der Waals surface area contributed by atoms with Crippen molar-refractivity contribution < 1.29 is 5.11 Å². The third-order valence-corrected chi connectivity index (χ3v) is 6.22. The van der Waals surface area contributed by atoms with Crippen LogP contribution in [0.3, 0.4) is 0 Å². The van der Waals surface area contributed by atoms with E-state index in [1.807, 2.05) is 0 Å². The molecule has 2 nitrogen and oxygen atoms in total. The molecule has 0 aromatic heterocycles. The van der Waals surface area contributed by atoms with Crippen molar-refractivity contribution in [1.29, 1.82) is 0 Å². The van der Waals surface area contributed by atoms with Crippen LogP contribution in [0.25, 0.3) is 0 Å². The summed E-state index contributed by atoms with van der Waals surface area (Å²) in [7, 11) is 0. The van der Waals surface area contributed by atoms with E-state index in [-0.39, 0.29) is 0 Å². The lowest BCUT2D eigenvalue weighted by molar-refractivity contribution is 0.0795. The summed E-state index contributed by atoms with van der Waals surface area (Å²) in [4.78, 5) is 0. The topological polar surface area (TPSA) is 32.3 Å². The summed E-state index contributed by atoms with van der Waals surface area (Å²) in [6, 6.07) is 5.09. The number of fused-ring (bicyclic) bond motifs is 1. The third kappa shape index (κ3) is 1.60. The first-order valence-corrected chi connectivity index (χ1v) is 8.33. The smallest absolute Gasteiger partial charge is 0.119 e. The maximum absolute atomic E-state index is 10.3. The van der Waals surface area contributed by atoms with E-state index < -0.39 is 0 Å². The second kappa shape index (κ2) is 4.49. The molecule has 3 atom stereocenters. The molecular formula is C18H25NO. The highest BCUT2D eigenvalue weighted by molar-refractivity contribution is 5.49. The van der Waals surface area contributed by atoms with E-state index in [1.165, 1.54) is 43.2 Å². The van der Waals surface area contributed by atoms with E-state index in [1.54, 1.807) is 0 Å². The molecule has 1 heterocycles. The van der Waals surface area contributed by atoms with Crippen molar-refractivity contribution in [3.63, 3.8) is 0 Å². The number of phenols is 1. The summed E-state index contributed by atoms with van der Waals surface area (Å²) in [5.74, 6) is 1.33. The van der Waals surface area contributed by atoms with E-state index in [9.17, 15) is 5.11 Å². The maximum Gasteiger partial charge on any atom is 0.119 e. The summed E-state index contributed by atoms with van der Waals surface area (Å²) in [5.41, 5.74) is 4.49. The number of nitrogens with one attached hydrogen (secondary N) is 1. The van der Waals surface area contributed by atoms with Crippen molar-refractivity contribution in [1.82, 2.24) is 5.32 Å². The van der Waals surface area contributed by atoms with Gasteiger partial charge in [0.15, 0.2) is 0 Å². The predicted octanol–water partition coefficient (Wildman–Crippen LogP) is 3.30. The molecule has 1 aromatic carbocycles. The first kappa shape index (κ1) is 12.7. The molecule has 20 heavy (non-hydrogen) atoms. The Balaban J connectivity index is 1.89. The molecule has 0 spiro atoms. The van der Waals surface area contributed by atoms with Gasteiger partial charge in [0.2, 0.25) is 0 Å². The quantitative estimate of drug-likeness (QED) is 0.821. The van der Waals surface area contributed by atoms with Crippen LogP contribution in [-0.2, 0) is 18.3 Å². The summed E-state index contributed by atoms with van der Waals surface area (Å²) in [6.07, 6.45) is 8.79. The van der Waals surface area contributed by atoms with Crippen LogP contribution in [0.15, 0.2) is 12.1 Å². The zero-order valence-corrected chi connectivity index (χ0v) is 12.4. The van der Waals surface area contributed by atoms with E-state index in [2.05, 4.69) is 24.4 Å². The minimum atomic E-state index is 0.367. The monoisotopic (exact) mass is 271 g/mol. The zero-order chi connectivity index (χ0) is 13.7. The number of piperidine rings is 1. The Hall–Kier alpha value is -1.02. The van der Waals surface area contributed by atoms with Crippen molar-refractivity contribution >= 4 is 0 Å². The molecule has 0 unspecified atom stereocenters. The number of aromatic hydroxyl groups is 1. The van der Waals surface area contributed by atoms with Crippen molar-refractivity contribution in [2.45, 2.75) is 63.3 Å². The summed E-state index contributed by atoms with van der Waals surface area (Å²) in [6.45, 7) is 3.28. The average Bonchev–Trinajstić information content (AvgIpc) is 2.48. The minimum absolute atomic E-state index is 0.367. The molecule has 1 aromatic rings. The fraction of sp³-hybridized carbons (Fsp3) is 0.667. The molecule has 1 aliphatic heterocycles. The Morgan fingerprint density at radius 2 is 2.20 bits per heavy atom. The molecule has 0 amide bonds. The molecular weight excluding hydrogens is 246 g/mol. The Bertz CT molecular complexity index is 534. The molecule has 2 bridgehead atoms. The van der Waals surface area contributed by atoms with E-state index in [0.717, 1.165) is 30.9 Å². The maximum atomic E-state index is 10.3. The van der Waals surface area contributed by atoms with Crippen LogP contribution < -0.4 is 5.32 Å². The van der Waals surface area contributed by atoms with Crippen molar-refractivity contribution in [3.8, 4) is 5.75 Å². The summed E-state index contributed by atoms with van der Waals surface area (Å²) in [5, 5.41) is 14.1. The summed E-state index contributed by atoms with van der Waals surface area (Å²) >= 11 is 0. The van der Waals surface area contributed by atoms with Gasteiger partial charge in [0.05, 0.1) is 0 Å². The van der Waals surface area contributed by atoms with Gasteiger partial charge in [-0.1, -0.05) is 25.8 Å². The van der Waals surface area contributed by atoms with Crippen LogP contribution in [0.2, 0.25) is 0 Å². The van der Waals surface area contributed by atoms with Crippen molar-refractivity contribution in [3.05, 3.63) is 28.8 Å². The molecule has 4 rings (SSSR count). The number of aryl methyl sites for hydroxylation is 1. The normalized spacial score (nSPS) is 35.2. The van der Waals surface area contributed by atoms with Gasteiger partial charge in [-0.15, -0.1) is 0 Å². The number of rotatable bonds is 1.